The highest BCUT2D eigenvalue weighted by molar-refractivity contribution is 4.83. The Morgan fingerprint density at radius 1 is 1.42 bits per heavy atom. The quantitative estimate of drug-likeness (QED) is 0.560. The molecule has 0 unspecified atom stereocenters. The normalized spacial score (nSPS) is 34.2. The number of nitrogens with one attached hydrogen (secondary N) is 1. The van der Waals surface area contributed by atoms with Crippen LogP contribution in [-0.4, -0.2) is 43.3 Å². The average molecular weight is 173 g/mol. The van der Waals surface area contributed by atoms with Crippen molar-refractivity contribution < 1.29 is 14.6 Å². The number of hydrogen-bond donors (Lipinski definition) is 2. The summed E-state index contributed by atoms with van der Waals surface area (Å²) < 4.78 is 11.2. The Morgan fingerprint density at radius 3 is 2.75 bits per heavy atom. The van der Waals surface area contributed by atoms with Crippen molar-refractivity contribution in [3.05, 3.63) is 0 Å². The van der Waals surface area contributed by atoms with E-state index in [9.17, 15) is 0 Å². The molecule has 12 heavy (non-hydrogen) atoms. The fraction of sp³-hybridized carbons (Fsp3) is 1.00. The zero-order valence-corrected chi connectivity index (χ0v) is 7.08. The number of aliphatic hydroxyl groups excluding tert-OH is 1. The third-order valence-electron chi connectivity index (χ3n) is 2.48. The van der Waals surface area contributed by atoms with Gasteiger partial charge in [-0.15, -0.1) is 0 Å². The van der Waals surface area contributed by atoms with Gasteiger partial charge in [0.15, 0.2) is 5.79 Å². The Balaban J connectivity index is 1.94. The van der Waals surface area contributed by atoms with Crippen LogP contribution in [0.5, 0.6) is 0 Å². The summed E-state index contributed by atoms with van der Waals surface area (Å²) in [5.74, 6) is -0.376. The fourth-order valence-corrected chi connectivity index (χ4v) is 1.78. The van der Waals surface area contributed by atoms with E-state index in [1.54, 1.807) is 0 Å². The molecule has 2 aliphatic rings. The van der Waals surface area contributed by atoms with E-state index in [-0.39, 0.29) is 18.5 Å². The molecule has 2 heterocycles. The van der Waals surface area contributed by atoms with Crippen molar-refractivity contribution in [2.45, 2.75) is 24.7 Å². The van der Waals surface area contributed by atoms with Gasteiger partial charge >= 0.3 is 0 Å². The van der Waals surface area contributed by atoms with Crippen LogP contribution in [0.4, 0.5) is 0 Å². The summed E-state index contributed by atoms with van der Waals surface area (Å²) in [6.07, 6.45) is 1.68. The monoisotopic (exact) mass is 173 g/mol. The minimum Gasteiger partial charge on any atom is -0.394 e. The molecule has 2 fully saturated rings. The minimum atomic E-state index is -0.376. The molecule has 0 saturated carbocycles. The summed E-state index contributed by atoms with van der Waals surface area (Å²) in [7, 11) is 0. The summed E-state index contributed by atoms with van der Waals surface area (Å²) in [4.78, 5) is 0. The van der Waals surface area contributed by atoms with Gasteiger partial charge in [0.1, 0.15) is 6.10 Å². The van der Waals surface area contributed by atoms with E-state index in [0.717, 1.165) is 25.9 Å². The maximum Gasteiger partial charge on any atom is 0.171 e. The van der Waals surface area contributed by atoms with E-state index >= 15 is 0 Å². The van der Waals surface area contributed by atoms with Crippen molar-refractivity contribution >= 4 is 0 Å². The van der Waals surface area contributed by atoms with Crippen molar-refractivity contribution in [1.29, 1.82) is 0 Å². The maximum atomic E-state index is 8.86. The van der Waals surface area contributed by atoms with Crippen molar-refractivity contribution in [2.75, 3.05) is 26.3 Å². The standard InChI is InChI=1S/C8H15NO3/c10-5-7-6-11-8(12-7)1-3-9-4-2-8/h7,9-10H,1-6H2/t7-/m1/s1. The van der Waals surface area contributed by atoms with Gasteiger partial charge in [-0.05, 0) is 0 Å². The minimum absolute atomic E-state index is 0.0647. The first kappa shape index (κ1) is 8.44. The number of rotatable bonds is 1. The molecule has 0 aromatic rings. The lowest BCUT2D eigenvalue weighted by Gasteiger charge is -2.32. The van der Waals surface area contributed by atoms with Crippen LogP contribution in [0.3, 0.4) is 0 Å². The number of aliphatic hydroxyl groups is 1. The van der Waals surface area contributed by atoms with E-state index in [1.807, 2.05) is 0 Å². The first-order chi connectivity index (χ1) is 5.85. The molecular formula is C8H15NO3. The van der Waals surface area contributed by atoms with Crippen LogP contribution in [0.15, 0.2) is 0 Å². The summed E-state index contributed by atoms with van der Waals surface area (Å²) >= 11 is 0. The van der Waals surface area contributed by atoms with Crippen molar-refractivity contribution in [2.24, 2.45) is 0 Å². The van der Waals surface area contributed by atoms with Gasteiger partial charge in [0.2, 0.25) is 0 Å². The van der Waals surface area contributed by atoms with Crippen LogP contribution in [0.25, 0.3) is 0 Å². The highest BCUT2D eigenvalue weighted by Gasteiger charge is 2.41. The molecule has 0 bridgehead atoms. The number of hydrogen-bond acceptors (Lipinski definition) is 4. The second kappa shape index (κ2) is 3.30. The second-order valence-electron chi connectivity index (χ2n) is 3.39. The van der Waals surface area contributed by atoms with Gasteiger partial charge in [-0.25, -0.2) is 0 Å². The Morgan fingerprint density at radius 2 is 2.17 bits per heavy atom. The predicted molar refractivity (Wildman–Crippen MR) is 42.7 cm³/mol. The van der Waals surface area contributed by atoms with Crippen molar-refractivity contribution in [3.63, 3.8) is 0 Å². The molecule has 0 radical (unpaired) electrons. The van der Waals surface area contributed by atoms with Crippen molar-refractivity contribution in [1.82, 2.24) is 5.32 Å². The van der Waals surface area contributed by atoms with Crippen LogP contribution in [0.2, 0.25) is 0 Å². The van der Waals surface area contributed by atoms with E-state index in [1.165, 1.54) is 0 Å². The smallest absolute Gasteiger partial charge is 0.171 e. The Bertz CT molecular complexity index is 156. The van der Waals surface area contributed by atoms with Gasteiger partial charge in [0.25, 0.3) is 0 Å². The number of ether oxygens (including phenoxy) is 2. The Labute approximate surface area is 71.9 Å². The molecule has 2 rings (SSSR count). The highest BCUT2D eigenvalue weighted by Crippen LogP contribution is 2.31. The van der Waals surface area contributed by atoms with Crippen molar-refractivity contribution in [3.8, 4) is 0 Å². The zero-order valence-electron chi connectivity index (χ0n) is 7.08. The van der Waals surface area contributed by atoms with Gasteiger partial charge in [-0.1, -0.05) is 0 Å². The van der Waals surface area contributed by atoms with Gasteiger partial charge in [0.05, 0.1) is 13.2 Å². The molecule has 2 N–H and O–H groups in total. The van der Waals surface area contributed by atoms with E-state index < -0.39 is 0 Å². The largest absolute Gasteiger partial charge is 0.394 e. The van der Waals surface area contributed by atoms with Gasteiger partial charge in [-0.3, -0.25) is 0 Å². The summed E-state index contributed by atoms with van der Waals surface area (Å²) in [5.41, 5.74) is 0. The molecular weight excluding hydrogens is 158 g/mol. The SMILES string of the molecule is OC[C@@H]1COC2(CCNCC2)O1. The van der Waals surface area contributed by atoms with E-state index in [4.69, 9.17) is 14.6 Å². The van der Waals surface area contributed by atoms with E-state index in [2.05, 4.69) is 5.32 Å². The second-order valence-corrected chi connectivity index (χ2v) is 3.39. The first-order valence-corrected chi connectivity index (χ1v) is 4.48. The summed E-state index contributed by atoms with van der Waals surface area (Å²) in [6, 6.07) is 0. The lowest BCUT2D eigenvalue weighted by Crippen LogP contribution is -2.43. The lowest BCUT2D eigenvalue weighted by atomic mass is 10.1. The molecule has 1 spiro atoms. The first-order valence-electron chi connectivity index (χ1n) is 4.48. The Hall–Kier alpha value is -0.160. The van der Waals surface area contributed by atoms with E-state index in [0.29, 0.717) is 6.61 Å². The average Bonchev–Trinajstić information content (AvgIpc) is 2.50. The number of piperidine rings is 1. The Kier molecular flexibility index (Phi) is 2.32. The molecule has 0 aliphatic carbocycles. The molecule has 0 aromatic heterocycles. The third kappa shape index (κ3) is 1.47. The van der Waals surface area contributed by atoms with Gasteiger partial charge in [-0.2, -0.15) is 0 Å². The van der Waals surface area contributed by atoms with Crippen LogP contribution in [-0.2, 0) is 9.47 Å². The van der Waals surface area contributed by atoms with Crippen LogP contribution >= 0.6 is 0 Å². The van der Waals surface area contributed by atoms with Crippen LogP contribution < -0.4 is 5.32 Å². The maximum absolute atomic E-state index is 8.86. The molecule has 1 atom stereocenters. The van der Waals surface area contributed by atoms with Crippen LogP contribution in [0, 0.1) is 0 Å². The predicted octanol–water partition coefficient (Wildman–Crippen LogP) is -0.526. The molecule has 2 aliphatic heterocycles. The molecule has 4 heteroatoms. The molecule has 2 saturated heterocycles. The zero-order chi connectivity index (χ0) is 8.44. The topological polar surface area (TPSA) is 50.7 Å². The third-order valence-corrected chi connectivity index (χ3v) is 2.48. The molecule has 0 aromatic carbocycles. The lowest BCUT2D eigenvalue weighted by molar-refractivity contribution is -0.185. The molecule has 4 nitrogen and oxygen atoms in total. The van der Waals surface area contributed by atoms with Gasteiger partial charge in [0, 0.05) is 25.9 Å². The summed E-state index contributed by atoms with van der Waals surface area (Å²) in [6.45, 7) is 2.49. The summed E-state index contributed by atoms with van der Waals surface area (Å²) in [5, 5.41) is 12.1. The molecule has 70 valence electrons. The van der Waals surface area contributed by atoms with Crippen LogP contribution in [0.1, 0.15) is 12.8 Å². The highest BCUT2D eigenvalue weighted by atomic mass is 16.7. The van der Waals surface area contributed by atoms with Gasteiger partial charge < -0.3 is 19.9 Å². The molecule has 0 amide bonds. The fourth-order valence-electron chi connectivity index (χ4n) is 1.78.